The van der Waals surface area contributed by atoms with Crippen LogP contribution >= 0.6 is 0 Å². The number of hydrogen-bond acceptors (Lipinski definition) is 3. The average Bonchev–Trinajstić information content (AvgIpc) is 2.89. The molecule has 0 bridgehead atoms. The number of aliphatic hydroxyl groups excluding tert-OH is 1. The van der Waals surface area contributed by atoms with Crippen LogP contribution in [-0.4, -0.2) is 24.8 Å². The van der Waals surface area contributed by atoms with Crippen molar-refractivity contribution >= 4 is 5.69 Å². The predicted octanol–water partition coefficient (Wildman–Crippen LogP) is 3.07. The number of rotatable bonds is 5. The first-order chi connectivity index (χ1) is 8.76. The van der Waals surface area contributed by atoms with Crippen LogP contribution in [0, 0.1) is 6.92 Å². The van der Waals surface area contributed by atoms with E-state index >= 15 is 0 Å². The van der Waals surface area contributed by atoms with Gasteiger partial charge in [-0.25, -0.2) is 0 Å². The summed E-state index contributed by atoms with van der Waals surface area (Å²) >= 11 is 0. The fourth-order valence-electron chi connectivity index (χ4n) is 2.14. The molecule has 18 heavy (non-hydrogen) atoms. The minimum atomic E-state index is 0.173. The van der Waals surface area contributed by atoms with Gasteiger partial charge in [0.2, 0.25) is 0 Å². The lowest BCUT2D eigenvalue weighted by Crippen LogP contribution is -2.26. The highest BCUT2D eigenvalue weighted by Gasteiger charge is 2.08. The molecule has 0 saturated heterocycles. The van der Waals surface area contributed by atoms with Crippen molar-refractivity contribution in [3.05, 3.63) is 42.2 Å². The first-order valence-corrected chi connectivity index (χ1v) is 6.26. The SMILES string of the molecule is CCN(CCO)c1ccc(-c2ccco2)c(C)c1. The van der Waals surface area contributed by atoms with E-state index in [0.717, 1.165) is 23.6 Å². The molecule has 0 spiro atoms. The lowest BCUT2D eigenvalue weighted by molar-refractivity contribution is 0.302. The van der Waals surface area contributed by atoms with Crippen molar-refractivity contribution in [2.24, 2.45) is 0 Å². The Labute approximate surface area is 108 Å². The zero-order valence-electron chi connectivity index (χ0n) is 10.9. The molecule has 0 aliphatic rings. The van der Waals surface area contributed by atoms with Gasteiger partial charge in [-0.15, -0.1) is 0 Å². The Bertz CT molecular complexity index is 491. The molecule has 3 heteroatoms. The van der Waals surface area contributed by atoms with Gasteiger partial charge in [0.25, 0.3) is 0 Å². The number of likely N-dealkylation sites (N-methyl/N-ethyl adjacent to an activating group) is 1. The smallest absolute Gasteiger partial charge is 0.134 e. The lowest BCUT2D eigenvalue weighted by Gasteiger charge is -2.22. The van der Waals surface area contributed by atoms with Crippen LogP contribution in [-0.2, 0) is 0 Å². The van der Waals surface area contributed by atoms with Crippen molar-refractivity contribution in [1.29, 1.82) is 0 Å². The molecular formula is C15H19NO2. The summed E-state index contributed by atoms with van der Waals surface area (Å²) in [4.78, 5) is 2.15. The molecule has 0 amide bonds. The van der Waals surface area contributed by atoms with Crippen LogP contribution < -0.4 is 4.90 Å². The molecule has 0 atom stereocenters. The van der Waals surface area contributed by atoms with Crippen LogP contribution in [0.25, 0.3) is 11.3 Å². The van der Waals surface area contributed by atoms with Crippen LogP contribution in [0.3, 0.4) is 0 Å². The predicted molar refractivity (Wildman–Crippen MR) is 73.9 cm³/mol. The number of nitrogens with zero attached hydrogens (tertiary/aromatic N) is 1. The fraction of sp³-hybridized carbons (Fsp3) is 0.333. The molecular weight excluding hydrogens is 226 g/mol. The Morgan fingerprint density at radius 2 is 2.11 bits per heavy atom. The van der Waals surface area contributed by atoms with E-state index in [2.05, 4.69) is 36.9 Å². The Hall–Kier alpha value is -1.74. The lowest BCUT2D eigenvalue weighted by atomic mass is 10.1. The minimum Gasteiger partial charge on any atom is -0.464 e. The topological polar surface area (TPSA) is 36.6 Å². The quantitative estimate of drug-likeness (QED) is 0.879. The van der Waals surface area contributed by atoms with Gasteiger partial charge in [0.05, 0.1) is 12.9 Å². The molecule has 2 rings (SSSR count). The molecule has 1 heterocycles. The van der Waals surface area contributed by atoms with Crippen molar-refractivity contribution in [2.75, 3.05) is 24.6 Å². The maximum absolute atomic E-state index is 9.05. The van der Waals surface area contributed by atoms with Gasteiger partial charge >= 0.3 is 0 Å². The molecule has 0 aliphatic heterocycles. The maximum atomic E-state index is 9.05. The number of aryl methyl sites for hydroxylation is 1. The highest BCUT2D eigenvalue weighted by Crippen LogP contribution is 2.27. The van der Waals surface area contributed by atoms with Crippen LogP contribution in [0.1, 0.15) is 12.5 Å². The molecule has 0 saturated carbocycles. The van der Waals surface area contributed by atoms with Crippen molar-refractivity contribution in [3.8, 4) is 11.3 Å². The molecule has 0 radical (unpaired) electrons. The van der Waals surface area contributed by atoms with Crippen molar-refractivity contribution in [3.63, 3.8) is 0 Å². The Morgan fingerprint density at radius 3 is 2.67 bits per heavy atom. The second-order valence-electron chi connectivity index (χ2n) is 4.28. The Morgan fingerprint density at radius 1 is 1.28 bits per heavy atom. The van der Waals surface area contributed by atoms with E-state index in [4.69, 9.17) is 9.52 Å². The monoisotopic (exact) mass is 245 g/mol. The molecule has 3 nitrogen and oxygen atoms in total. The number of furan rings is 1. The highest BCUT2D eigenvalue weighted by atomic mass is 16.3. The summed E-state index contributed by atoms with van der Waals surface area (Å²) in [6.07, 6.45) is 1.69. The van der Waals surface area contributed by atoms with E-state index in [1.54, 1.807) is 6.26 Å². The molecule has 2 aromatic rings. The number of anilines is 1. The fourth-order valence-corrected chi connectivity index (χ4v) is 2.14. The van der Waals surface area contributed by atoms with Crippen LogP contribution in [0.4, 0.5) is 5.69 Å². The van der Waals surface area contributed by atoms with Gasteiger partial charge in [-0.2, -0.15) is 0 Å². The van der Waals surface area contributed by atoms with Crippen LogP contribution in [0.5, 0.6) is 0 Å². The van der Waals surface area contributed by atoms with Crippen molar-refractivity contribution in [1.82, 2.24) is 0 Å². The second-order valence-corrected chi connectivity index (χ2v) is 4.28. The van der Waals surface area contributed by atoms with Gasteiger partial charge in [0.15, 0.2) is 0 Å². The summed E-state index contributed by atoms with van der Waals surface area (Å²) < 4.78 is 5.42. The summed E-state index contributed by atoms with van der Waals surface area (Å²) in [7, 11) is 0. The maximum Gasteiger partial charge on any atom is 0.134 e. The average molecular weight is 245 g/mol. The van der Waals surface area contributed by atoms with Gasteiger partial charge in [0, 0.05) is 24.3 Å². The van der Waals surface area contributed by atoms with Crippen molar-refractivity contribution in [2.45, 2.75) is 13.8 Å². The standard InChI is InChI=1S/C15H19NO2/c1-3-16(8-9-17)13-6-7-14(12(2)11-13)15-5-4-10-18-15/h4-7,10-11,17H,3,8-9H2,1-2H3. The molecule has 1 aromatic carbocycles. The summed E-state index contributed by atoms with van der Waals surface area (Å²) in [5, 5.41) is 9.05. The van der Waals surface area contributed by atoms with Gasteiger partial charge < -0.3 is 14.4 Å². The zero-order chi connectivity index (χ0) is 13.0. The summed E-state index contributed by atoms with van der Waals surface area (Å²) in [5.74, 6) is 0.893. The third-order valence-corrected chi connectivity index (χ3v) is 3.11. The van der Waals surface area contributed by atoms with E-state index in [0.29, 0.717) is 6.54 Å². The van der Waals surface area contributed by atoms with E-state index in [1.165, 1.54) is 5.56 Å². The number of benzene rings is 1. The Kier molecular flexibility index (Phi) is 4.05. The van der Waals surface area contributed by atoms with Gasteiger partial charge in [0.1, 0.15) is 5.76 Å². The molecule has 0 aliphatic carbocycles. The minimum absolute atomic E-state index is 0.173. The Balaban J connectivity index is 2.29. The molecule has 96 valence electrons. The molecule has 1 aromatic heterocycles. The highest BCUT2D eigenvalue weighted by molar-refractivity contribution is 5.66. The van der Waals surface area contributed by atoms with E-state index in [1.807, 2.05) is 12.1 Å². The van der Waals surface area contributed by atoms with E-state index < -0.39 is 0 Å². The summed E-state index contributed by atoms with van der Waals surface area (Å²) in [6, 6.07) is 10.1. The van der Waals surface area contributed by atoms with Crippen LogP contribution in [0.2, 0.25) is 0 Å². The van der Waals surface area contributed by atoms with E-state index in [-0.39, 0.29) is 6.61 Å². The number of hydrogen-bond donors (Lipinski definition) is 1. The summed E-state index contributed by atoms with van der Waals surface area (Å²) in [5.41, 5.74) is 3.43. The van der Waals surface area contributed by atoms with E-state index in [9.17, 15) is 0 Å². The first-order valence-electron chi connectivity index (χ1n) is 6.26. The molecule has 0 fully saturated rings. The first kappa shape index (κ1) is 12.7. The largest absolute Gasteiger partial charge is 0.464 e. The van der Waals surface area contributed by atoms with Gasteiger partial charge in [-0.1, -0.05) is 0 Å². The number of aliphatic hydroxyl groups is 1. The zero-order valence-corrected chi connectivity index (χ0v) is 10.9. The third kappa shape index (κ3) is 2.57. The molecule has 0 unspecified atom stereocenters. The molecule has 1 N–H and O–H groups in total. The third-order valence-electron chi connectivity index (χ3n) is 3.11. The summed E-state index contributed by atoms with van der Waals surface area (Å²) in [6.45, 7) is 5.89. The van der Waals surface area contributed by atoms with Crippen molar-refractivity contribution < 1.29 is 9.52 Å². The van der Waals surface area contributed by atoms with Gasteiger partial charge in [-0.05, 0) is 49.7 Å². The van der Waals surface area contributed by atoms with Gasteiger partial charge in [-0.3, -0.25) is 0 Å². The van der Waals surface area contributed by atoms with Crippen LogP contribution in [0.15, 0.2) is 41.0 Å². The second kappa shape index (κ2) is 5.74. The normalized spacial score (nSPS) is 10.6.